The van der Waals surface area contributed by atoms with Gasteiger partial charge in [0.05, 0.1) is 0 Å². The fourth-order valence-electron chi connectivity index (χ4n) is 1.65. The summed E-state index contributed by atoms with van der Waals surface area (Å²) < 4.78 is 0. The number of rotatable bonds is 1. The van der Waals surface area contributed by atoms with Gasteiger partial charge in [0.1, 0.15) is 5.82 Å². The molecule has 0 atom stereocenters. The van der Waals surface area contributed by atoms with Crippen LogP contribution in [0.25, 0.3) is 0 Å². The Kier molecular flexibility index (Phi) is 1.98. The van der Waals surface area contributed by atoms with Gasteiger partial charge in [-0.3, -0.25) is 0 Å². The highest BCUT2D eigenvalue weighted by molar-refractivity contribution is 5.39. The molecule has 0 saturated carbocycles. The minimum atomic E-state index is 1.11. The van der Waals surface area contributed by atoms with Crippen LogP contribution in [0.4, 0.5) is 5.82 Å². The Hall–Kier alpha value is -1.05. The molecular formula is C10H14N2. The second-order valence-corrected chi connectivity index (χ2v) is 3.33. The lowest BCUT2D eigenvalue weighted by Gasteiger charge is -2.15. The first-order valence-electron chi connectivity index (χ1n) is 4.55. The summed E-state index contributed by atoms with van der Waals surface area (Å²) in [6.45, 7) is 4.40. The molecule has 0 bridgehead atoms. The van der Waals surface area contributed by atoms with Crippen molar-refractivity contribution in [2.24, 2.45) is 0 Å². The second-order valence-electron chi connectivity index (χ2n) is 3.33. The van der Waals surface area contributed by atoms with Gasteiger partial charge in [0.2, 0.25) is 0 Å². The van der Waals surface area contributed by atoms with Crippen LogP contribution in [-0.4, -0.2) is 18.1 Å². The van der Waals surface area contributed by atoms with Crippen molar-refractivity contribution in [3.8, 4) is 0 Å². The van der Waals surface area contributed by atoms with Crippen molar-refractivity contribution in [1.29, 1.82) is 0 Å². The van der Waals surface area contributed by atoms with E-state index in [9.17, 15) is 0 Å². The average Bonchev–Trinajstić information content (AvgIpc) is 2.56. The van der Waals surface area contributed by atoms with E-state index in [-0.39, 0.29) is 0 Å². The lowest BCUT2D eigenvalue weighted by Crippen LogP contribution is -2.18. The highest BCUT2D eigenvalue weighted by atomic mass is 15.2. The second kappa shape index (κ2) is 3.13. The van der Waals surface area contributed by atoms with Crippen molar-refractivity contribution in [2.75, 3.05) is 18.0 Å². The van der Waals surface area contributed by atoms with Crippen LogP contribution in [0.3, 0.4) is 0 Å². The molecule has 0 radical (unpaired) electrons. The topological polar surface area (TPSA) is 16.1 Å². The summed E-state index contributed by atoms with van der Waals surface area (Å²) >= 11 is 0. The van der Waals surface area contributed by atoms with E-state index in [2.05, 4.69) is 22.0 Å². The Morgan fingerprint density at radius 2 is 2.00 bits per heavy atom. The van der Waals surface area contributed by atoms with Gasteiger partial charge in [-0.1, -0.05) is 6.07 Å². The van der Waals surface area contributed by atoms with E-state index >= 15 is 0 Å². The Balaban J connectivity index is 2.21. The number of pyridine rings is 1. The van der Waals surface area contributed by atoms with Gasteiger partial charge in [0.15, 0.2) is 0 Å². The highest BCUT2D eigenvalue weighted by Crippen LogP contribution is 2.17. The molecule has 2 heterocycles. The zero-order chi connectivity index (χ0) is 8.39. The van der Waals surface area contributed by atoms with Crippen molar-refractivity contribution in [3.05, 3.63) is 23.9 Å². The molecule has 1 aliphatic rings. The lowest BCUT2D eigenvalue weighted by molar-refractivity contribution is 0.929. The Morgan fingerprint density at radius 1 is 1.25 bits per heavy atom. The molecule has 12 heavy (non-hydrogen) atoms. The number of aryl methyl sites for hydroxylation is 1. The van der Waals surface area contributed by atoms with E-state index in [4.69, 9.17) is 0 Å². The number of aromatic nitrogens is 1. The monoisotopic (exact) mass is 162 g/mol. The maximum atomic E-state index is 4.48. The third-order valence-corrected chi connectivity index (χ3v) is 2.30. The van der Waals surface area contributed by atoms with Gasteiger partial charge in [-0.2, -0.15) is 0 Å². The predicted octanol–water partition coefficient (Wildman–Crippen LogP) is 1.99. The van der Waals surface area contributed by atoms with Crippen LogP contribution in [0, 0.1) is 6.92 Å². The Labute approximate surface area is 73.2 Å². The number of hydrogen-bond acceptors (Lipinski definition) is 2. The third-order valence-electron chi connectivity index (χ3n) is 2.30. The van der Waals surface area contributed by atoms with E-state index < -0.39 is 0 Å². The van der Waals surface area contributed by atoms with Gasteiger partial charge in [-0.15, -0.1) is 0 Å². The first-order valence-corrected chi connectivity index (χ1v) is 4.55. The van der Waals surface area contributed by atoms with Crippen LogP contribution in [0.5, 0.6) is 0 Å². The summed E-state index contributed by atoms with van der Waals surface area (Å²) in [4.78, 5) is 6.84. The molecule has 0 amide bonds. The normalized spacial score (nSPS) is 16.9. The predicted molar refractivity (Wildman–Crippen MR) is 50.4 cm³/mol. The molecule has 0 aromatic carbocycles. The molecule has 0 N–H and O–H groups in total. The molecule has 1 aromatic rings. The largest absolute Gasteiger partial charge is 0.357 e. The molecule has 1 fully saturated rings. The first-order chi connectivity index (χ1) is 5.86. The smallest absolute Gasteiger partial charge is 0.128 e. The van der Waals surface area contributed by atoms with Crippen LogP contribution < -0.4 is 4.90 Å². The molecule has 0 spiro atoms. The SMILES string of the molecule is Cc1cccc(N2CCCC2)n1. The summed E-state index contributed by atoms with van der Waals surface area (Å²) in [7, 11) is 0. The van der Waals surface area contributed by atoms with E-state index in [1.165, 1.54) is 25.9 Å². The molecule has 1 aliphatic heterocycles. The third kappa shape index (κ3) is 1.42. The standard InChI is InChI=1S/C10H14N2/c1-9-5-4-6-10(11-9)12-7-2-3-8-12/h4-6H,2-3,7-8H2,1H3. The van der Waals surface area contributed by atoms with E-state index in [1.54, 1.807) is 0 Å². The molecule has 1 saturated heterocycles. The van der Waals surface area contributed by atoms with Gasteiger partial charge in [0.25, 0.3) is 0 Å². The van der Waals surface area contributed by atoms with Gasteiger partial charge in [-0.25, -0.2) is 4.98 Å². The average molecular weight is 162 g/mol. The van der Waals surface area contributed by atoms with Gasteiger partial charge in [-0.05, 0) is 31.9 Å². The number of nitrogens with zero attached hydrogens (tertiary/aromatic N) is 2. The Morgan fingerprint density at radius 3 is 2.67 bits per heavy atom. The summed E-state index contributed by atoms with van der Waals surface area (Å²) in [6, 6.07) is 6.22. The molecule has 64 valence electrons. The van der Waals surface area contributed by atoms with E-state index in [1.807, 2.05) is 13.0 Å². The number of anilines is 1. The fraction of sp³-hybridized carbons (Fsp3) is 0.500. The van der Waals surface area contributed by atoms with Crippen LogP contribution in [-0.2, 0) is 0 Å². The molecule has 2 rings (SSSR count). The van der Waals surface area contributed by atoms with Crippen molar-refractivity contribution in [1.82, 2.24) is 4.98 Å². The van der Waals surface area contributed by atoms with Crippen LogP contribution in [0.15, 0.2) is 18.2 Å². The highest BCUT2D eigenvalue weighted by Gasteiger charge is 2.12. The number of hydrogen-bond donors (Lipinski definition) is 0. The van der Waals surface area contributed by atoms with Crippen LogP contribution >= 0.6 is 0 Å². The molecule has 2 nitrogen and oxygen atoms in total. The van der Waals surface area contributed by atoms with E-state index in [0.717, 1.165) is 11.5 Å². The van der Waals surface area contributed by atoms with Crippen molar-refractivity contribution in [3.63, 3.8) is 0 Å². The summed E-state index contributed by atoms with van der Waals surface area (Å²) in [5, 5.41) is 0. The summed E-state index contributed by atoms with van der Waals surface area (Å²) in [5.41, 5.74) is 1.11. The zero-order valence-corrected chi connectivity index (χ0v) is 7.45. The molecule has 2 heteroatoms. The minimum absolute atomic E-state index is 1.11. The van der Waals surface area contributed by atoms with Crippen LogP contribution in [0.2, 0.25) is 0 Å². The van der Waals surface area contributed by atoms with Crippen molar-refractivity contribution in [2.45, 2.75) is 19.8 Å². The lowest BCUT2D eigenvalue weighted by atomic mass is 10.3. The van der Waals surface area contributed by atoms with Gasteiger partial charge in [0, 0.05) is 18.8 Å². The molecule has 0 aliphatic carbocycles. The molecule has 1 aromatic heterocycles. The maximum absolute atomic E-state index is 4.48. The minimum Gasteiger partial charge on any atom is -0.357 e. The Bertz CT molecular complexity index is 264. The first kappa shape index (κ1) is 7.59. The van der Waals surface area contributed by atoms with Gasteiger partial charge >= 0.3 is 0 Å². The van der Waals surface area contributed by atoms with Crippen molar-refractivity contribution >= 4 is 5.82 Å². The quantitative estimate of drug-likeness (QED) is 0.627. The van der Waals surface area contributed by atoms with Crippen LogP contribution in [0.1, 0.15) is 18.5 Å². The fourth-order valence-corrected chi connectivity index (χ4v) is 1.65. The molecule has 0 unspecified atom stereocenters. The zero-order valence-electron chi connectivity index (χ0n) is 7.45. The van der Waals surface area contributed by atoms with E-state index in [0.29, 0.717) is 0 Å². The summed E-state index contributed by atoms with van der Waals surface area (Å²) in [6.07, 6.45) is 2.63. The maximum Gasteiger partial charge on any atom is 0.128 e. The summed E-state index contributed by atoms with van der Waals surface area (Å²) in [5.74, 6) is 1.15. The molecular weight excluding hydrogens is 148 g/mol. The van der Waals surface area contributed by atoms with Crippen molar-refractivity contribution < 1.29 is 0 Å². The van der Waals surface area contributed by atoms with Gasteiger partial charge < -0.3 is 4.90 Å².